The number of fused-ring (bicyclic) bond motifs is 1. The fraction of sp³-hybridized carbons (Fsp3) is 0.652. The van der Waals surface area contributed by atoms with Gasteiger partial charge in [0.25, 0.3) is 0 Å². The molecule has 2 fully saturated rings. The predicted octanol–water partition coefficient (Wildman–Crippen LogP) is 5.84. The van der Waals surface area contributed by atoms with Gasteiger partial charge in [-0.25, -0.2) is 0 Å². The highest BCUT2D eigenvalue weighted by Gasteiger charge is 2.27. The first-order valence-electron chi connectivity index (χ1n) is 9.80. The molecule has 0 amide bonds. The van der Waals surface area contributed by atoms with Crippen LogP contribution >= 0.6 is 0 Å². The van der Waals surface area contributed by atoms with Gasteiger partial charge in [-0.2, -0.15) is 0 Å². The van der Waals surface area contributed by atoms with Gasteiger partial charge < -0.3 is 4.98 Å². The summed E-state index contributed by atoms with van der Waals surface area (Å²) in [6.45, 7) is 3.77. The van der Waals surface area contributed by atoms with Crippen LogP contribution in [0.15, 0.2) is 30.5 Å². The fourth-order valence-corrected chi connectivity index (χ4v) is 4.79. The van der Waals surface area contributed by atoms with Crippen LogP contribution in [0.2, 0.25) is 0 Å². The molecule has 1 saturated heterocycles. The summed E-state index contributed by atoms with van der Waals surface area (Å²) in [5.41, 5.74) is 2.83. The monoisotopic (exact) mass is 357 g/mol. The molecule has 2 aromatic rings. The smallest absolute Gasteiger partial charge is 0.0506 e. The Morgan fingerprint density at radius 2 is 1.69 bits per heavy atom. The second-order valence-corrected chi connectivity index (χ2v) is 7.87. The maximum absolute atomic E-state index is 3.46. The number of nitrogens with one attached hydrogen (secondary N) is 1. The van der Waals surface area contributed by atoms with Crippen LogP contribution in [0.3, 0.4) is 0 Å². The van der Waals surface area contributed by atoms with Crippen LogP contribution in [-0.2, 0) is 0 Å². The molecule has 2 heterocycles. The maximum Gasteiger partial charge on any atom is 0.0506 e. The zero-order valence-electron chi connectivity index (χ0n) is 15.0. The van der Waals surface area contributed by atoms with E-state index in [1.807, 2.05) is 0 Å². The number of H-pyrrole nitrogens is 1. The lowest BCUT2D eigenvalue weighted by Crippen LogP contribution is -2.44. The highest BCUT2D eigenvalue weighted by Crippen LogP contribution is 2.37. The summed E-state index contributed by atoms with van der Waals surface area (Å²) in [7, 11) is 2.34. The zero-order chi connectivity index (χ0) is 16.4. The van der Waals surface area contributed by atoms with Crippen LogP contribution in [0.25, 0.3) is 10.9 Å². The van der Waals surface area contributed by atoms with Crippen LogP contribution in [0.4, 0.5) is 0 Å². The van der Waals surface area contributed by atoms with Crippen molar-refractivity contribution in [3.8, 4) is 0 Å². The van der Waals surface area contributed by atoms with Gasteiger partial charge in [-0.1, -0.05) is 39.5 Å². The van der Waals surface area contributed by atoms with E-state index in [2.05, 4.69) is 52.3 Å². The zero-order valence-corrected chi connectivity index (χ0v) is 15.0. The van der Waals surface area contributed by atoms with E-state index in [1.165, 1.54) is 75.6 Å². The molecule has 1 N–H and O–H groups in total. The van der Waals surface area contributed by atoms with Gasteiger partial charge >= 0.3 is 0 Å². The summed E-state index contributed by atoms with van der Waals surface area (Å²) in [6.07, 6.45) is 11.8. The molecule has 1 aliphatic carbocycles. The topological polar surface area (TPSA) is 22.3 Å². The second kappa shape index (κ2) is 9.57. The Morgan fingerprint density at radius 3 is 2.42 bits per heavy atom. The summed E-state index contributed by atoms with van der Waals surface area (Å²) in [4.78, 5) is 8.73. The fourth-order valence-electron chi connectivity index (χ4n) is 4.79. The standard InChI is InChI=1S/C21H31N3.2CH4/c1-23(16-24-13-5-2-6-14-24)18-11-9-17(10-12-18)20-15-22-21-8-4-3-7-19(20)21;;/h3-4,7-8,15,17-18,22H,2,5-6,9-14,16H2,1H3;2*1H4. The van der Waals surface area contributed by atoms with Gasteiger partial charge in [-0.15, -0.1) is 0 Å². The number of nitrogens with zero attached hydrogens (tertiary/aromatic N) is 2. The van der Waals surface area contributed by atoms with E-state index in [4.69, 9.17) is 0 Å². The average Bonchev–Trinajstić information content (AvgIpc) is 3.07. The number of hydrogen-bond donors (Lipinski definition) is 1. The average molecular weight is 358 g/mol. The number of aromatic nitrogens is 1. The molecule has 3 heteroatoms. The normalized spacial score (nSPS) is 24.2. The van der Waals surface area contributed by atoms with Crippen molar-refractivity contribution in [2.45, 2.75) is 71.8 Å². The molecule has 2 aliphatic rings. The van der Waals surface area contributed by atoms with E-state index >= 15 is 0 Å². The van der Waals surface area contributed by atoms with Gasteiger partial charge in [0.1, 0.15) is 0 Å². The lowest BCUT2D eigenvalue weighted by Gasteiger charge is -2.38. The molecule has 0 radical (unpaired) electrons. The SMILES string of the molecule is C.C.CN(CN1CCCCC1)C1CCC(c2c[nH]c3ccccc23)CC1. The van der Waals surface area contributed by atoms with Crippen molar-refractivity contribution >= 4 is 10.9 Å². The third-order valence-corrected chi connectivity index (χ3v) is 6.25. The van der Waals surface area contributed by atoms with Crippen molar-refractivity contribution in [2.24, 2.45) is 0 Å². The highest BCUT2D eigenvalue weighted by molar-refractivity contribution is 5.83. The minimum atomic E-state index is 0. The highest BCUT2D eigenvalue weighted by atomic mass is 15.3. The molecule has 1 aromatic heterocycles. The Labute approximate surface area is 160 Å². The number of likely N-dealkylation sites (tertiary alicyclic amines) is 1. The number of hydrogen-bond acceptors (Lipinski definition) is 2. The van der Waals surface area contributed by atoms with Crippen molar-refractivity contribution < 1.29 is 0 Å². The molecule has 26 heavy (non-hydrogen) atoms. The molecule has 0 bridgehead atoms. The van der Waals surface area contributed by atoms with Crippen LogP contribution in [0.1, 0.15) is 71.3 Å². The van der Waals surface area contributed by atoms with E-state index in [-0.39, 0.29) is 14.9 Å². The van der Waals surface area contributed by atoms with E-state index in [1.54, 1.807) is 5.56 Å². The van der Waals surface area contributed by atoms with Crippen LogP contribution < -0.4 is 0 Å². The first-order chi connectivity index (χ1) is 11.8. The molecule has 146 valence electrons. The van der Waals surface area contributed by atoms with E-state index < -0.39 is 0 Å². The third-order valence-electron chi connectivity index (χ3n) is 6.25. The maximum atomic E-state index is 3.46. The molecular formula is C23H39N3. The Kier molecular flexibility index (Phi) is 7.72. The summed E-state index contributed by atoms with van der Waals surface area (Å²) < 4.78 is 0. The molecular weight excluding hydrogens is 318 g/mol. The largest absolute Gasteiger partial charge is 0.361 e. The molecule has 3 nitrogen and oxygen atoms in total. The van der Waals surface area contributed by atoms with E-state index in [0.29, 0.717) is 0 Å². The number of benzene rings is 1. The molecule has 0 atom stereocenters. The first-order valence-corrected chi connectivity index (χ1v) is 9.80. The predicted molar refractivity (Wildman–Crippen MR) is 115 cm³/mol. The Bertz CT molecular complexity index is 648. The Balaban J connectivity index is 0.00000121. The van der Waals surface area contributed by atoms with Crippen molar-refractivity contribution in [1.82, 2.24) is 14.8 Å². The second-order valence-electron chi connectivity index (χ2n) is 7.87. The summed E-state index contributed by atoms with van der Waals surface area (Å²) >= 11 is 0. The summed E-state index contributed by atoms with van der Waals surface area (Å²) in [5, 5.41) is 1.43. The van der Waals surface area contributed by atoms with Crippen molar-refractivity contribution in [3.05, 3.63) is 36.0 Å². The minimum absolute atomic E-state index is 0. The third kappa shape index (κ3) is 4.50. The molecule has 4 rings (SSSR count). The number of aromatic amines is 1. The van der Waals surface area contributed by atoms with E-state index in [0.717, 1.165) is 12.0 Å². The van der Waals surface area contributed by atoms with Crippen molar-refractivity contribution in [1.29, 1.82) is 0 Å². The van der Waals surface area contributed by atoms with Gasteiger partial charge in [0.05, 0.1) is 6.67 Å². The van der Waals surface area contributed by atoms with Gasteiger partial charge in [-0.05, 0) is 76.2 Å². The van der Waals surface area contributed by atoms with Gasteiger partial charge in [-0.3, -0.25) is 9.80 Å². The molecule has 1 aromatic carbocycles. The number of piperidine rings is 1. The molecule has 0 unspecified atom stereocenters. The van der Waals surface area contributed by atoms with Crippen LogP contribution in [0, 0.1) is 0 Å². The summed E-state index contributed by atoms with van der Waals surface area (Å²) in [5.74, 6) is 0.737. The van der Waals surface area contributed by atoms with Crippen LogP contribution in [0.5, 0.6) is 0 Å². The number of rotatable bonds is 4. The first kappa shape index (κ1) is 21.0. The Morgan fingerprint density at radius 1 is 1.00 bits per heavy atom. The minimum Gasteiger partial charge on any atom is -0.361 e. The van der Waals surface area contributed by atoms with E-state index in [9.17, 15) is 0 Å². The Hall–Kier alpha value is -1.32. The lowest BCUT2D eigenvalue weighted by atomic mass is 9.81. The van der Waals surface area contributed by atoms with Gasteiger partial charge in [0.2, 0.25) is 0 Å². The van der Waals surface area contributed by atoms with Crippen LogP contribution in [-0.4, -0.2) is 47.6 Å². The van der Waals surface area contributed by atoms with Gasteiger partial charge in [0, 0.05) is 23.1 Å². The van der Waals surface area contributed by atoms with Gasteiger partial charge in [0.15, 0.2) is 0 Å². The molecule has 0 spiro atoms. The van der Waals surface area contributed by atoms with Crippen molar-refractivity contribution in [3.63, 3.8) is 0 Å². The lowest BCUT2D eigenvalue weighted by molar-refractivity contribution is 0.0829. The quantitative estimate of drug-likeness (QED) is 0.742. The summed E-state index contributed by atoms with van der Waals surface area (Å²) in [6, 6.07) is 9.52. The molecule has 1 saturated carbocycles. The number of para-hydroxylation sites is 1. The molecule has 1 aliphatic heterocycles. The van der Waals surface area contributed by atoms with Crippen molar-refractivity contribution in [2.75, 3.05) is 26.8 Å².